The first kappa shape index (κ1) is 26.5. The van der Waals surface area contributed by atoms with E-state index in [1.165, 1.54) is 29.7 Å². The maximum atomic E-state index is 9.07. The molecule has 0 bridgehead atoms. The minimum atomic E-state index is -0.198. The number of ether oxygens (including phenoxy) is 2. The number of rotatable bonds is 10. The second-order valence-electron chi connectivity index (χ2n) is 11.4. The summed E-state index contributed by atoms with van der Waals surface area (Å²) in [4.78, 5) is 13.0. The Kier molecular flexibility index (Phi) is 8.37. The van der Waals surface area contributed by atoms with Gasteiger partial charge in [-0.05, 0) is 96.4 Å². The average molecular weight is 525 g/mol. The van der Waals surface area contributed by atoms with Gasteiger partial charge in [-0.15, -0.1) is 16.8 Å². The molecule has 8 heteroatoms. The van der Waals surface area contributed by atoms with Crippen LogP contribution in [0, 0.1) is 23.2 Å². The van der Waals surface area contributed by atoms with E-state index >= 15 is 0 Å². The number of hydrogen-bond donors (Lipinski definition) is 1. The summed E-state index contributed by atoms with van der Waals surface area (Å²) >= 11 is 1.62. The first-order valence-corrected chi connectivity index (χ1v) is 14.4. The SMILES string of the molecule is CN(C)Cc1c(OCC2CCOC2)ccc2c1ONC2(C)CCC1CCN(Cc2ccc(C#N)s2)CC1. The monoisotopic (exact) mass is 524 g/mol. The van der Waals surface area contributed by atoms with Crippen molar-refractivity contribution in [3.63, 3.8) is 0 Å². The fourth-order valence-electron chi connectivity index (χ4n) is 5.76. The first-order valence-electron chi connectivity index (χ1n) is 13.6. The van der Waals surface area contributed by atoms with Gasteiger partial charge in [-0.3, -0.25) is 4.90 Å². The molecule has 2 saturated heterocycles. The number of fused-ring (bicyclic) bond motifs is 1. The molecule has 5 rings (SSSR count). The van der Waals surface area contributed by atoms with E-state index in [0.29, 0.717) is 12.5 Å². The number of piperidine rings is 1. The third-order valence-electron chi connectivity index (χ3n) is 8.07. The van der Waals surface area contributed by atoms with Crippen LogP contribution in [-0.4, -0.2) is 56.8 Å². The summed E-state index contributed by atoms with van der Waals surface area (Å²) in [6.45, 7) is 8.58. The molecule has 3 aliphatic heterocycles. The van der Waals surface area contributed by atoms with Gasteiger partial charge < -0.3 is 19.2 Å². The Labute approximate surface area is 225 Å². The number of hydroxylamine groups is 1. The molecule has 1 aromatic heterocycles. The van der Waals surface area contributed by atoms with Crippen LogP contribution in [0.15, 0.2) is 24.3 Å². The maximum Gasteiger partial charge on any atom is 0.160 e. The molecule has 0 aliphatic carbocycles. The highest BCUT2D eigenvalue weighted by Crippen LogP contribution is 2.45. The first-order chi connectivity index (χ1) is 17.9. The van der Waals surface area contributed by atoms with E-state index in [0.717, 1.165) is 80.1 Å². The number of nitrogens with zero attached hydrogens (tertiary/aromatic N) is 3. The molecule has 4 heterocycles. The van der Waals surface area contributed by atoms with Gasteiger partial charge in [-0.2, -0.15) is 5.26 Å². The second kappa shape index (κ2) is 11.7. The Hall–Kier alpha value is -2.15. The summed E-state index contributed by atoms with van der Waals surface area (Å²) in [5.74, 6) is 3.07. The zero-order chi connectivity index (χ0) is 25.8. The summed E-state index contributed by atoms with van der Waals surface area (Å²) in [5, 5.41) is 9.07. The summed E-state index contributed by atoms with van der Waals surface area (Å²) in [6, 6.07) is 10.6. The van der Waals surface area contributed by atoms with Crippen molar-refractivity contribution in [1.82, 2.24) is 15.3 Å². The van der Waals surface area contributed by atoms with Crippen LogP contribution in [0.2, 0.25) is 0 Å². The predicted octanol–water partition coefficient (Wildman–Crippen LogP) is 4.90. The predicted molar refractivity (Wildman–Crippen MR) is 146 cm³/mol. The van der Waals surface area contributed by atoms with Gasteiger partial charge in [0.15, 0.2) is 5.75 Å². The van der Waals surface area contributed by atoms with Gasteiger partial charge in [-0.25, -0.2) is 0 Å². The fourth-order valence-corrected chi connectivity index (χ4v) is 6.61. The largest absolute Gasteiger partial charge is 0.493 e. The van der Waals surface area contributed by atoms with Crippen molar-refractivity contribution in [1.29, 1.82) is 5.26 Å². The lowest BCUT2D eigenvalue weighted by molar-refractivity contribution is 0.115. The molecule has 0 amide bonds. The van der Waals surface area contributed by atoms with Crippen LogP contribution in [0.5, 0.6) is 11.5 Å². The zero-order valence-corrected chi connectivity index (χ0v) is 23.2. The Balaban J connectivity index is 1.18. The Bertz CT molecular complexity index is 1100. The molecule has 0 saturated carbocycles. The molecule has 3 aliphatic rings. The van der Waals surface area contributed by atoms with E-state index in [1.54, 1.807) is 11.3 Å². The van der Waals surface area contributed by atoms with Crippen LogP contribution in [0.25, 0.3) is 0 Å². The molecule has 2 atom stereocenters. The fraction of sp³-hybridized carbons (Fsp3) is 0.621. The molecule has 7 nitrogen and oxygen atoms in total. The third kappa shape index (κ3) is 6.30. The molecule has 200 valence electrons. The number of benzene rings is 1. The van der Waals surface area contributed by atoms with E-state index in [4.69, 9.17) is 19.6 Å². The van der Waals surface area contributed by atoms with Crippen LogP contribution in [0.4, 0.5) is 0 Å². The Morgan fingerprint density at radius 3 is 2.73 bits per heavy atom. The minimum absolute atomic E-state index is 0.198. The number of hydrogen-bond acceptors (Lipinski definition) is 8. The smallest absolute Gasteiger partial charge is 0.160 e. The van der Waals surface area contributed by atoms with Gasteiger partial charge in [0.25, 0.3) is 0 Å². The molecular weight excluding hydrogens is 484 g/mol. The Morgan fingerprint density at radius 1 is 1.19 bits per heavy atom. The van der Waals surface area contributed by atoms with Gasteiger partial charge in [0.2, 0.25) is 0 Å². The molecule has 0 radical (unpaired) electrons. The van der Waals surface area contributed by atoms with Gasteiger partial charge in [0.1, 0.15) is 16.7 Å². The number of likely N-dealkylation sites (tertiary alicyclic amines) is 1. The van der Waals surface area contributed by atoms with Gasteiger partial charge in [-0.1, -0.05) is 0 Å². The summed E-state index contributed by atoms with van der Waals surface area (Å²) < 4.78 is 11.8. The van der Waals surface area contributed by atoms with Crippen LogP contribution in [-0.2, 0) is 23.4 Å². The normalized spacial score (nSPS) is 24.2. The molecule has 1 aromatic carbocycles. The highest BCUT2D eigenvalue weighted by molar-refractivity contribution is 7.12. The van der Waals surface area contributed by atoms with Gasteiger partial charge in [0.05, 0.1) is 24.3 Å². The number of nitriles is 1. The van der Waals surface area contributed by atoms with Crippen molar-refractivity contribution < 1.29 is 14.3 Å². The lowest BCUT2D eigenvalue weighted by Gasteiger charge is -2.33. The van der Waals surface area contributed by atoms with Crippen molar-refractivity contribution >= 4 is 11.3 Å². The molecule has 2 unspecified atom stereocenters. The molecule has 2 fully saturated rings. The Morgan fingerprint density at radius 2 is 2.03 bits per heavy atom. The van der Waals surface area contributed by atoms with E-state index < -0.39 is 0 Å². The van der Waals surface area contributed by atoms with Gasteiger partial charge >= 0.3 is 0 Å². The minimum Gasteiger partial charge on any atom is -0.493 e. The number of thiophene rings is 1. The topological polar surface area (TPSA) is 70.0 Å². The van der Waals surface area contributed by atoms with Crippen molar-refractivity contribution in [2.45, 2.75) is 57.7 Å². The van der Waals surface area contributed by atoms with Crippen molar-refractivity contribution in [3.05, 3.63) is 45.1 Å². The molecule has 2 aromatic rings. The lowest BCUT2D eigenvalue weighted by Crippen LogP contribution is -2.37. The van der Waals surface area contributed by atoms with Crippen LogP contribution in [0.1, 0.15) is 59.9 Å². The summed E-state index contributed by atoms with van der Waals surface area (Å²) in [5.41, 5.74) is 5.56. The summed E-state index contributed by atoms with van der Waals surface area (Å²) in [7, 11) is 4.17. The molecule has 1 N–H and O–H groups in total. The highest BCUT2D eigenvalue weighted by Gasteiger charge is 2.39. The third-order valence-corrected chi connectivity index (χ3v) is 9.05. The highest BCUT2D eigenvalue weighted by atomic mass is 32.1. The lowest BCUT2D eigenvalue weighted by atomic mass is 9.82. The second-order valence-corrected chi connectivity index (χ2v) is 12.5. The maximum absolute atomic E-state index is 9.07. The summed E-state index contributed by atoms with van der Waals surface area (Å²) in [6.07, 6.45) is 5.75. The number of nitrogens with one attached hydrogen (secondary N) is 1. The standard InChI is InChI=1S/C29H40N4O3S/c1-29(12-8-21-9-13-33(14-10-21)17-24-5-4-23(16-30)37-24)26-6-7-27(35-20-22-11-15-34-19-22)25(18-32(2)3)28(26)36-31-29/h4-7,21-22,31H,8-15,17-20H2,1-3H3. The molecule has 37 heavy (non-hydrogen) atoms. The molecule has 0 spiro atoms. The van der Waals surface area contributed by atoms with E-state index in [9.17, 15) is 0 Å². The van der Waals surface area contributed by atoms with Crippen LogP contribution >= 0.6 is 11.3 Å². The van der Waals surface area contributed by atoms with E-state index in [1.807, 2.05) is 6.07 Å². The molecular formula is C29H40N4O3S. The zero-order valence-electron chi connectivity index (χ0n) is 22.4. The van der Waals surface area contributed by atoms with E-state index in [-0.39, 0.29) is 5.54 Å². The van der Waals surface area contributed by atoms with E-state index in [2.05, 4.69) is 60.6 Å². The van der Waals surface area contributed by atoms with Crippen LogP contribution in [0.3, 0.4) is 0 Å². The van der Waals surface area contributed by atoms with Crippen molar-refractivity contribution in [3.8, 4) is 17.6 Å². The quantitative estimate of drug-likeness (QED) is 0.474. The van der Waals surface area contributed by atoms with Crippen molar-refractivity contribution in [2.24, 2.45) is 11.8 Å². The van der Waals surface area contributed by atoms with Gasteiger partial charge in [0, 0.05) is 36.1 Å². The van der Waals surface area contributed by atoms with Crippen LogP contribution < -0.4 is 15.1 Å². The van der Waals surface area contributed by atoms with Crippen molar-refractivity contribution in [2.75, 3.05) is 47.0 Å². The average Bonchev–Trinajstić information content (AvgIpc) is 3.64.